The molecule has 2 atom stereocenters. The Labute approximate surface area is 181 Å². The van der Waals surface area contributed by atoms with Crippen molar-refractivity contribution in [3.05, 3.63) is 101 Å². The summed E-state index contributed by atoms with van der Waals surface area (Å²) in [5.74, 6) is -0.330. The minimum Gasteiger partial charge on any atom is -0.337 e. The molecule has 0 radical (unpaired) electrons. The Hall–Kier alpha value is -3.11. The van der Waals surface area contributed by atoms with Crippen molar-refractivity contribution >= 4 is 29.1 Å². The fraction of sp³-hybridized carbons (Fsp3) is 0.200. The van der Waals surface area contributed by atoms with Crippen molar-refractivity contribution in [3.63, 3.8) is 0 Å². The smallest absolute Gasteiger partial charge is 0.253 e. The number of carbonyl (C=O) groups is 2. The van der Waals surface area contributed by atoms with Crippen LogP contribution in [0.5, 0.6) is 0 Å². The van der Waals surface area contributed by atoms with Crippen LogP contribution in [0.4, 0.5) is 5.69 Å². The van der Waals surface area contributed by atoms with E-state index < -0.39 is 0 Å². The summed E-state index contributed by atoms with van der Waals surface area (Å²) in [5.41, 5.74) is 2.49. The van der Waals surface area contributed by atoms with Crippen molar-refractivity contribution in [1.29, 1.82) is 0 Å². The van der Waals surface area contributed by atoms with Crippen molar-refractivity contribution in [2.75, 3.05) is 18.4 Å². The lowest BCUT2D eigenvalue weighted by atomic mass is 9.83. The summed E-state index contributed by atoms with van der Waals surface area (Å²) in [6.45, 7) is 0.976. The van der Waals surface area contributed by atoms with Gasteiger partial charge in [-0.15, -0.1) is 0 Å². The molecule has 0 bridgehead atoms. The van der Waals surface area contributed by atoms with Gasteiger partial charge >= 0.3 is 0 Å². The molecule has 5 heteroatoms. The van der Waals surface area contributed by atoms with Crippen LogP contribution >= 0.6 is 11.6 Å². The van der Waals surface area contributed by atoms with Crippen LogP contribution in [0.15, 0.2) is 84.9 Å². The molecule has 2 unspecified atom stereocenters. The Morgan fingerprint density at radius 2 is 1.47 bits per heavy atom. The van der Waals surface area contributed by atoms with Crippen LogP contribution in [0.1, 0.15) is 28.3 Å². The summed E-state index contributed by atoms with van der Waals surface area (Å²) in [5, 5.41) is 3.59. The number of benzene rings is 3. The quantitative estimate of drug-likeness (QED) is 0.631. The molecule has 1 fully saturated rings. The van der Waals surface area contributed by atoms with Gasteiger partial charge in [0, 0.05) is 35.3 Å². The first-order valence-corrected chi connectivity index (χ1v) is 10.4. The molecule has 3 aromatic rings. The van der Waals surface area contributed by atoms with Crippen LogP contribution in [-0.4, -0.2) is 29.8 Å². The number of rotatable bonds is 4. The molecule has 30 heavy (non-hydrogen) atoms. The number of amides is 2. The van der Waals surface area contributed by atoms with Gasteiger partial charge in [-0.2, -0.15) is 0 Å². The van der Waals surface area contributed by atoms with E-state index in [2.05, 4.69) is 17.4 Å². The second-order valence-corrected chi connectivity index (χ2v) is 8.05. The van der Waals surface area contributed by atoms with Crippen LogP contribution in [0.3, 0.4) is 0 Å². The van der Waals surface area contributed by atoms with Crippen molar-refractivity contribution < 1.29 is 9.59 Å². The number of nitrogens with one attached hydrogen (secondary N) is 1. The van der Waals surface area contributed by atoms with E-state index in [1.807, 2.05) is 48.5 Å². The number of anilines is 1. The predicted molar refractivity (Wildman–Crippen MR) is 120 cm³/mol. The molecule has 1 heterocycles. The van der Waals surface area contributed by atoms with Crippen LogP contribution in [0, 0.1) is 5.92 Å². The van der Waals surface area contributed by atoms with Gasteiger partial charge in [-0.3, -0.25) is 9.59 Å². The molecule has 1 saturated heterocycles. The topological polar surface area (TPSA) is 49.4 Å². The highest BCUT2D eigenvalue weighted by Crippen LogP contribution is 2.32. The van der Waals surface area contributed by atoms with Gasteiger partial charge in [0.25, 0.3) is 5.91 Å². The Morgan fingerprint density at radius 3 is 2.13 bits per heavy atom. The molecular weight excluding hydrogens is 396 g/mol. The monoisotopic (exact) mass is 418 g/mol. The largest absolute Gasteiger partial charge is 0.337 e. The second kappa shape index (κ2) is 9.14. The highest BCUT2D eigenvalue weighted by Gasteiger charge is 2.34. The minimum absolute atomic E-state index is 0.0595. The first kappa shape index (κ1) is 20.2. The third-order valence-corrected chi connectivity index (χ3v) is 5.76. The normalized spacial score (nSPS) is 18.6. The maximum atomic E-state index is 13.2. The maximum absolute atomic E-state index is 13.2. The standard InChI is InChI=1S/C25H23ClN2O2/c26-22-13-11-19(12-14-22)25(30)28-16-20(18-7-3-1-4-8-18)15-21(17-28)24(29)27-23-9-5-2-6-10-23/h1-14,20-21H,15-17H2,(H,27,29). The van der Waals surface area contributed by atoms with E-state index >= 15 is 0 Å². The Morgan fingerprint density at radius 1 is 0.833 bits per heavy atom. The lowest BCUT2D eigenvalue weighted by Crippen LogP contribution is -2.46. The van der Waals surface area contributed by atoms with Crippen LogP contribution in [0.2, 0.25) is 5.02 Å². The fourth-order valence-corrected chi connectivity index (χ4v) is 4.09. The molecule has 0 aromatic heterocycles. The van der Waals surface area contributed by atoms with Gasteiger partial charge in [0.15, 0.2) is 0 Å². The third kappa shape index (κ3) is 4.71. The van der Waals surface area contributed by atoms with E-state index in [9.17, 15) is 9.59 Å². The summed E-state index contributed by atoms with van der Waals surface area (Å²) in [7, 11) is 0. The second-order valence-electron chi connectivity index (χ2n) is 7.61. The average molecular weight is 419 g/mol. The number of hydrogen-bond acceptors (Lipinski definition) is 2. The van der Waals surface area contributed by atoms with Gasteiger partial charge in [0.05, 0.1) is 5.92 Å². The number of carbonyl (C=O) groups excluding carboxylic acids is 2. The van der Waals surface area contributed by atoms with Gasteiger partial charge in [-0.05, 0) is 48.4 Å². The van der Waals surface area contributed by atoms with E-state index in [-0.39, 0.29) is 23.7 Å². The highest BCUT2D eigenvalue weighted by atomic mass is 35.5. The number of piperidine rings is 1. The minimum atomic E-state index is -0.291. The zero-order valence-corrected chi connectivity index (χ0v) is 17.3. The lowest BCUT2D eigenvalue weighted by molar-refractivity contribution is -0.121. The number of para-hydroxylation sites is 1. The van der Waals surface area contributed by atoms with E-state index in [0.29, 0.717) is 30.1 Å². The molecule has 2 amide bonds. The summed E-state index contributed by atoms with van der Waals surface area (Å²) in [4.78, 5) is 28.0. The molecular formula is C25H23ClN2O2. The molecule has 4 nitrogen and oxygen atoms in total. The van der Waals surface area contributed by atoms with Gasteiger partial charge < -0.3 is 10.2 Å². The molecule has 1 aliphatic heterocycles. The van der Waals surface area contributed by atoms with Gasteiger partial charge in [0.2, 0.25) is 5.91 Å². The summed E-state index contributed by atoms with van der Waals surface area (Å²) in [6.07, 6.45) is 0.701. The van der Waals surface area contributed by atoms with Crippen molar-refractivity contribution in [2.24, 2.45) is 5.92 Å². The fourth-order valence-electron chi connectivity index (χ4n) is 3.96. The van der Waals surface area contributed by atoms with Gasteiger partial charge in [0.1, 0.15) is 0 Å². The first-order valence-electron chi connectivity index (χ1n) is 10.1. The van der Waals surface area contributed by atoms with Gasteiger partial charge in [-0.1, -0.05) is 60.1 Å². The molecule has 0 spiro atoms. The number of hydrogen-bond donors (Lipinski definition) is 1. The third-order valence-electron chi connectivity index (χ3n) is 5.51. The van der Waals surface area contributed by atoms with E-state index in [4.69, 9.17) is 11.6 Å². The van der Waals surface area contributed by atoms with Crippen LogP contribution in [-0.2, 0) is 4.79 Å². The number of nitrogens with zero attached hydrogens (tertiary/aromatic N) is 1. The molecule has 152 valence electrons. The Bertz CT molecular complexity index is 1010. The molecule has 0 aliphatic carbocycles. The zero-order valence-electron chi connectivity index (χ0n) is 16.5. The van der Waals surface area contributed by atoms with E-state index in [1.165, 1.54) is 0 Å². The van der Waals surface area contributed by atoms with E-state index in [0.717, 1.165) is 11.3 Å². The van der Waals surface area contributed by atoms with Gasteiger partial charge in [-0.25, -0.2) is 0 Å². The zero-order chi connectivity index (χ0) is 20.9. The highest BCUT2D eigenvalue weighted by molar-refractivity contribution is 6.30. The van der Waals surface area contributed by atoms with Crippen molar-refractivity contribution in [1.82, 2.24) is 4.90 Å². The summed E-state index contributed by atoms with van der Waals surface area (Å²) >= 11 is 5.97. The SMILES string of the molecule is O=C(Nc1ccccc1)C1CC(c2ccccc2)CN(C(=O)c2ccc(Cl)cc2)C1. The predicted octanol–water partition coefficient (Wildman–Crippen LogP) is 5.22. The Balaban J connectivity index is 1.57. The van der Waals surface area contributed by atoms with Crippen LogP contribution < -0.4 is 5.32 Å². The number of likely N-dealkylation sites (tertiary alicyclic amines) is 1. The molecule has 4 rings (SSSR count). The number of halogens is 1. The molecule has 0 saturated carbocycles. The first-order chi connectivity index (χ1) is 14.6. The van der Waals surface area contributed by atoms with Crippen molar-refractivity contribution in [3.8, 4) is 0 Å². The molecule has 1 N–H and O–H groups in total. The molecule has 1 aliphatic rings. The summed E-state index contributed by atoms with van der Waals surface area (Å²) < 4.78 is 0. The van der Waals surface area contributed by atoms with Crippen molar-refractivity contribution in [2.45, 2.75) is 12.3 Å². The average Bonchev–Trinajstić information content (AvgIpc) is 2.80. The molecule has 3 aromatic carbocycles. The lowest BCUT2D eigenvalue weighted by Gasteiger charge is -2.37. The van der Waals surface area contributed by atoms with E-state index in [1.54, 1.807) is 29.2 Å². The summed E-state index contributed by atoms with van der Waals surface area (Å²) in [6, 6.07) is 26.4. The maximum Gasteiger partial charge on any atom is 0.253 e. The Kier molecular flexibility index (Phi) is 6.15. The van der Waals surface area contributed by atoms with Crippen LogP contribution in [0.25, 0.3) is 0 Å².